The van der Waals surface area contributed by atoms with Crippen molar-refractivity contribution >= 4 is 5.97 Å². The summed E-state index contributed by atoms with van der Waals surface area (Å²) in [5, 5.41) is 0. The minimum atomic E-state index is -0.679. The highest BCUT2D eigenvalue weighted by Crippen LogP contribution is 2.18. The molecular formula is C27H46O5. The molecule has 0 amide bonds. The first kappa shape index (κ1) is 28.4. The summed E-state index contributed by atoms with van der Waals surface area (Å²) < 4.78 is 16.1. The molecule has 0 N–H and O–H groups in total. The number of carbonyl (C=O) groups is 1. The molecule has 0 aromatic carbocycles. The number of ether oxygens (including phenoxy) is 2. The molecule has 1 aromatic heterocycles. The Morgan fingerprint density at radius 2 is 1.34 bits per heavy atom. The maximum absolute atomic E-state index is 12.1. The molecule has 0 aliphatic rings. The first-order valence-corrected chi connectivity index (χ1v) is 12.8. The summed E-state index contributed by atoms with van der Waals surface area (Å²) in [6.45, 7) is 8.37. The molecule has 0 unspecified atom stereocenters. The quantitative estimate of drug-likeness (QED) is 0.170. The number of unbranched alkanes of at least 4 members (excludes halogenated alkanes) is 13. The van der Waals surface area contributed by atoms with Crippen molar-refractivity contribution in [3.8, 4) is 5.75 Å². The maximum Gasteiger partial charge on any atom is 0.316 e. The Morgan fingerprint density at radius 1 is 0.844 bits per heavy atom. The van der Waals surface area contributed by atoms with Gasteiger partial charge in [0, 0.05) is 12.7 Å². The molecule has 0 spiro atoms. The summed E-state index contributed by atoms with van der Waals surface area (Å²) in [6, 6.07) is 1.33. The Morgan fingerprint density at radius 3 is 1.81 bits per heavy atom. The van der Waals surface area contributed by atoms with Crippen molar-refractivity contribution in [3.05, 3.63) is 28.3 Å². The highest BCUT2D eigenvalue weighted by atomic mass is 16.5. The van der Waals surface area contributed by atoms with Gasteiger partial charge in [0.05, 0.1) is 5.41 Å². The summed E-state index contributed by atoms with van der Waals surface area (Å²) in [5.41, 5.74) is -1.05. The summed E-state index contributed by atoms with van der Waals surface area (Å²) in [6.07, 6.45) is 19.8. The van der Waals surface area contributed by atoms with Gasteiger partial charge < -0.3 is 13.9 Å². The molecule has 0 saturated carbocycles. The SMILES string of the molecule is CCCCCCCCCCCCCCCCOCc1cc(=O)c(OC(=O)C(C)(C)C)co1. The summed E-state index contributed by atoms with van der Waals surface area (Å²) in [5.74, 6) is -0.108. The van der Waals surface area contributed by atoms with Crippen LogP contribution >= 0.6 is 0 Å². The number of hydrogen-bond acceptors (Lipinski definition) is 5. The van der Waals surface area contributed by atoms with E-state index >= 15 is 0 Å². The summed E-state index contributed by atoms with van der Waals surface area (Å²) in [7, 11) is 0. The Balaban J connectivity index is 2.00. The van der Waals surface area contributed by atoms with Crippen LogP contribution in [-0.4, -0.2) is 12.6 Å². The molecule has 1 aromatic rings. The van der Waals surface area contributed by atoms with E-state index in [0.29, 0.717) is 12.4 Å². The fraction of sp³-hybridized carbons (Fsp3) is 0.778. The van der Waals surface area contributed by atoms with Gasteiger partial charge in [-0.15, -0.1) is 0 Å². The van der Waals surface area contributed by atoms with Crippen LogP contribution in [0, 0.1) is 5.41 Å². The molecule has 0 aliphatic carbocycles. The largest absolute Gasteiger partial charge is 0.463 e. The van der Waals surface area contributed by atoms with E-state index in [1.807, 2.05) is 0 Å². The lowest BCUT2D eigenvalue weighted by atomic mass is 9.97. The van der Waals surface area contributed by atoms with Crippen LogP contribution in [0.4, 0.5) is 0 Å². The van der Waals surface area contributed by atoms with E-state index in [9.17, 15) is 9.59 Å². The fourth-order valence-electron chi connectivity index (χ4n) is 3.41. The molecule has 0 fully saturated rings. The van der Waals surface area contributed by atoms with Crippen LogP contribution in [-0.2, 0) is 16.1 Å². The molecule has 0 saturated heterocycles. The van der Waals surface area contributed by atoms with Gasteiger partial charge in [-0.05, 0) is 27.2 Å². The van der Waals surface area contributed by atoms with E-state index in [1.165, 1.54) is 95.8 Å². The Bertz CT molecular complexity index is 671. The van der Waals surface area contributed by atoms with Gasteiger partial charge in [0.25, 0.3) is 0 Å². The van der Waals surface area contributed by atoms with Crippen LogP contribution in [0.3, 0.4) is 0 Å². The summed E-state index contributed by atoms with van der Waals surface area (Å²) in [4.78, 5) is 24.0. The molecule has 0 bridgehead atoms. The first-order valence-electron chi connectivity index (χ1n) is 12.8. The minimum Gasteiger partial charge on any atom is -0.463 e. The van der Waals surface area contributed by atoms with Crippen molar-refractivity contribution in [3.63, 3.8) is 0 Å². The molecule has 5 nitrogen and oxygen atoms in total. The van der Waals surface area contributed by atoms with Gasteiger partial charge in [0.2, 0.25) is 11.2 Å². The lowest BCUT2D eigenvalue weighted by molar-refractivity contribution is -0.143. The molecule has 0 radical (unpaired) electrons. The van der Waals surface area contributed by atoms with E-state index in [0.717, 1.165) is 6.42 Å². The van der Waals surface area contributed by atoms with Crippen molar-refractivity contribution in [2.45, 2.75) is 124 Å². The Kier molecular flexibility index (Phi) is 15.0. The zero-order valence-corrected chi connectivity index (χ0v) is 21.0. The Labute approximate surface area is 195 Å². The third kappa shape index (κ3) is 13.7. The van der Waals surface area contributed by atoms with Crippen LogP contribution < -0.4 is 10.2 Å². The van der Waals surface area contributed by atoms with E-state index in [2.05, 4.69) is 6.92 Å². The maximum atomic E-state index is 12.1. The van der Waals surface area contributed by atoms with Gasteiger partial charge in [-0.2, -0.15) is 0 Å². The first-order chi connectivity index (χ1) is 15.3. The van der Waals surface area contributed by atoms with Gasteiger partial charge in [-0.1, -0.05) is 90.4 Å². The molecule has 5 heteroatoms. The van der Waals surface area contributed by atoms with Crippen molar-refractivity contribution < 1.29 is 18.7 Å². The highest BCUT2D eigenvalue weighted by molar-refractivity contribution is 5.77. The van der Waals surface area contributed by atoms with Gasteiger partial charge >= 0.3 is 5.97 Å². The average Bonchev–Trinajstić information content (AvgIpc) is 2.74. The van der Waals surface area contributed by atoms with Crippen LogP contribution in [0.5, 0.6) is 5.75 Å². The molecule has 1 rings (SSSR count). The van der Waals surface area contributed by atoms with Gasteiger partial charge in [0.1, 0.15) is 18.6 Å². The van der Waals surface area contributed by atoms with Crippen molar-refractivity contribution in [1.29, 1.82) is 0 Å². The fourth-order valence-corrected chi connectivity index (χ4v) is 3.41. The van der Waals surface area contributed by atoms with Crippen LogP contribution in [0.2, 0.25) is 0 Å². The van der Waals surface area contributed by atoms with Crippen molar-refractivity contribution in [1.82, 2.24) is 0 Å². The predicted molar refractivity (Wildman–Crippen MR) is 130 cm³/mol. The molecule has 0 atom stereocenters. The van der Waals surface area contributed by atoms with Crippen LogP contribution in [0.15, 0.2) is 21.5 Å². The lowest BCUT2D eigenvalue weighted by Crippen LogP contribution is -2.27. The van der Waals surface area contributed by atoms with E-state index in [4.69, 9.17) is 13.9 Å². The van der Waals surface area contributed by atoms with Crippen molar-refractivity contribution in [2.75, 3.05) is 6.61 Å². The zero-order valence-electron chi connectivity index (χ0n) is 21.0. The molecule has 1 heterocycles. The van der Waals surface area contributed by atoms with Crippen molar-refractivity contribution in [2.24, 2.45) is 5.41 Å². The second-order valence-electron chi connectivity index (χ2n) is 9.86. The van der Waals surface area contributed by atoms with Gasteiger partial charge in [-0.3, -0.25) is 9.59 Å². The second kappa shape index (κ2) is 16.9. The number of hydrogen-bond donors (Lipinski definition) is 0. The molecule has 0 aliphatic heterocycles. The molecular weight excluding hydrogens is 404 g/mol. The topological polar surface area (TPSA) is 65.7 Å². The number of rotatable bonds is 18. The van der Waals surface area contributed by atoms with E-state index in [-0.39, 0.29) is 17.8 Å². The monoisotopic (exact) mass is 450 g/mol. The van der Waals surface area contributed by atoms with Crippen LogP contribution in [0.1, 0.15) is 123 Å². The summed E-state index contributed by atoms with van der Waals surface area (Å²) >= 11 is 0. The van der Waals surface area contributed by atoms with Crippen LogP contribution in [0.25, 0.3) is 0 Å². The zero-order chi connectivity index (χ0) is 23.7. The highest BCUT2D eigenvalue weighted by Gasteiger charge is 2.24. The molecule has 184 valence electrons. The lowest BCUT2D eigenvalue weighted by Gasteiger charge is -2.15. The minimum absolute atomic E-state index is 0.0827. The third-order valence-corrected chi connectivity index (χ3v) is 5.55. The number of carbonyl (C=O) groups excluding carboxylic acids is 1. The predicted octanol–water partition coefficient (Wildman–Crippen LogP) is 7.59. The van der Waals surface area contributed by atoms with Gasteiger partial charge in [0.15, 0.2) is 0 Å². The second-order valence-corrected chi connectivity index (χ2v) is 9.86. The van der Waals surface area contributed by atoms with E-state index in [1.54, 1.807) is 20.8 Å². The van der Waals surface area contributed by atoms with Gasteiger partial charge in [-0.25, -0.2) is 0 Å². The molecule has 32 heavy (non-hydrogen) atoms. The number of esters is 1. The average molecular weight is 451 g/mol. The smallest absolute Gasteiger partial charge is 0.316 e. The standard InChI is InChI=1S/C27H46O5/c1-5-6-7-8-9-10-11-12-13-14-15-16-17-18-19-30-21-23-20-24(28)25(22-31-23)32-26(29)27(2,3)4/h20,22H,5-19,21H2,1-4H3. The Hall–Kier alpha value is -1.62. The van der Waals surface area contributed by atoms with E-state index < -0.39 is 11.4 Å². The third-order valence-electron chi connectivity index (χ3n) is 5.55. The normalized spacial score (nSPS) is 11.6.